The van der Waals surface area contributed by atoms with E-state index in [1.165, 1.54) is 7.11 Å². The second-order valence-corrected chi connectivity index (χ2v) is 5.37. The first-order chi connectivity index (χ1) is 11.0. The van der Waals surface area contributed by atoms with Gasteiger partial charge in [0.1, 0.15) is 11.5 Å². The Bertz CT molecular complexity index is 590. The van der Waals surface area contributed by atoms with Crippen LogP contribution in [0.1, 0.15) is 12.0 Å². The molecule has 1 fully saturated rings. The second kappa shape index (κ2) is 7.32. The number of hydrogen-bond acceptors (Lipinski definition) is 5. The van der Waals surface area contributed by atoms with E-state index in [-0.39, 0.29) is 24.2 Å². The van der Waals surface area contributed by atoms with Crippen molar-refractivity contribution < 1.29 is 23.9 Å². The molecule has 1 atom stereocenters. The molecule has 23 heavy (non-hydrogen) atoms. The predicted molar refractivity (Wildman–Crippen MR) is 82.8 cm³/mol. The van der Waals surface area contributed by atoms with Crippen LogP contribution in [0.2, 0.25) is 0 Å². The molecule has 0 radical (unpaired) electrons. The number of amides is 2. The lowest BCUT2D eigenvalue weighted by Gasteiger charge is -2.20. The number of carbonyl (C=O) groups is 2. The number of rotatable bonds is 6. The summed E-state index contributed by atoms with van der Waals surface area (Å²) in [6.07, 6.45) is 0.199. The number of benzene rings is 1. The number of likely N-dealkylation sites (tertiary alicyclic amines) is 1. The van der Waals surface area contributed by atoms with Crippen molar-refractivity contribution in [3.63, 3.8) is 0 Å². The molecule has 126 valence electrons. The molecule has 7 heteroatoms. The summed E-state index contributed by atoms with van der Waals surface area (Å²) >= 11 is 0. The van der Waals surface area contributed by atoms with Gasteiger partial charge in [0, 0.05) is 38.2 Å². The zero-order chi connectivity index (χ0) is 17.0. The standard InChI is InChI=1S/C16H22N2O5/c1-17(23-4)16(20)12-7-15(19)18(10-12)9-11-5-6-13(21-2)8-14(11)22-3/h5-6,8,12H,7,9-10H2,1-4H3. The summed E-state index contributed by atoms with van der Waals surface area (Å²) in [6, 6.07) is 5.46. The third kappa shape index (κ3) is 3.73. The molecular formula is C16H22N2O5. The van der Waals surface area contributed by atoms with Gasteiger partial charge in [-0.2, -0.15) is 0 Å². The van der Waals surface area contributed by atoms with Crippen LogP contribution in [0.4, 0.5) is 0 Å². The summed E-state index contributed by atoms with van der Waals surface area (Å²) in [6.45, 7) is 0.771. The highest BCUT2D eigenvalue weighted by molar-refractivity contribution is 5.88. The summed E-state index contributed by atoms with van der Waals surface area (Å²) < 4.78 is 10.5. The van der Waals surface area contributed by atoms with Crippen molar-refractivity contribution in [2.24, 2.45) is 5.92 Å². The Morgan fingerprint density at radius 2 is 2.04 bits per heavy atom. The molecule has 1 heterocycles. The van der Waals surface area contributed by atoms with Crippen LogP contribution < -0.4 is 9.47 Å². The zero-order valence-electron chi connectivity index (χ0n) is 13.9. The molecule has 7 nitrogen and oxygen atoms in total. The largest absolute Gasteiger partial charge is 0.497 e. The minimum Gasteiger partial charge on any atom is -0.497 e. The highest BCUT2D eigenvalue weighted by Gasteiger charge is 2.36. The van der Waals surface area contributed by atoms with Gasteiger partial charge in [-0.3, -0.25) is 14.4 Å². The first-order valence-corrected chi connectivity index (χ1v) is 7.30. The fourth-order valence-electron chi connectivity index (χ4n) is 2.63. The van der Waals surface area contributed by atoms with Crippen LogP contribution in [-0.4, -0.2) is 56.7 Å². The first kappa shape index (κ1) is 17.1. The smallest absolute Gasteiger partial charge is 0.251 e. The van der Waals surface area contributed by atoms with Gasteiger partial charge < -0.3 is 14.4 Å². The molecule has 2 rings (SSSR count). The summed E-state index contributed by atoms with van der Waals surface area (Å²) in [5.74, 6) is 0.724. The molecule has 1 aliphatic heterocycles. The average molecular weight is 322 g/mol. The van der Waals surface area contributed by atoms with Gasteiger partial charge in [-0.15, -0.1) is 0 Å². The maximum Gasteiger partial charge on any atom is 0.251 e. The van der Waals surface area contributed by atoms with Gasteiger partial charge in [-0.05, 0) is 12.1 Å². The molecule has 1 aromatic carbocycles. The van der Waals surface area contributed by atoms with Crippen LogP contribution in [0.5, 0.6) is 11.5 Å². The summed E-state index contributed by atoms with van der Waals surface area (Å²) in [4.78, 5) is 30.8. The van der Waals surface area contributed by atoms with E-state index in [0.29, 0.717) is 24.6 Å². The number of carbonyl (C=O) groups excluding carboxylic acids is 2. The van der Waals surface area contributed by atoms with Crippen molar-refractivity contribution in [3.05, 3.63) is 23.8 Å². The van der Waals surface area contributed by atoms with Crippen LogP contribution in [0.25, 0.3) is 0 Å². The summed E-state index contributed by atoms with van der Waals surface area (Å²) in [5, 5.41) is 1.16. The predicted octanol–water partition coefficient (Wildman–Crippen LogP) is 1.07. The maximum absolute atomic E-state index is 12.2. The molecule has 1 unspecified atom stereocenters. The van der Waals surface area contributed by atoms with Crippen molar-refractivity contribution in [3.8, 4) is 11.5 Å². The van der Waals surface area contributed by atoms with Crippen molar-refractivity contribution in [2.45, 2.75) is 13.0 Å². The lowest BCUT2D eigenvalue weighted by Crippen LogP contribution is -2.33. The Kier molecular flexibility index (Phi) is 5.44. The number of hydroxylamine groups is 2. The third-order valence-electron chi connectivity index (χ3n) is 4.00. The summed E-state index contributed by atoms with van der Waals surface area (Å²) in [5.41, 5.74) is 0.870. The van der Waals surface area contributed by atoms with Gasteiger partial charge in [-0.25, -0.2) is 5.06 Å². The van der Waals surface area contributed by atoms with E-state index < -0.39 is 0 Å². The van der Waals surface area contributed by atoms with E-state index in [9.17, 15) is 9.59 Å². The van der Waals surface area contributed by atoms with Crippen molar-refractivity contribution in [1.29, 1.82) is 0 Å². The average Bonchev–Trinajstić information content (AvgIpc) is 2.94. The van der Waals surface area contributed by atoms with Crippen LogP contribution >= 0.6 is 0 Å². The monoisotopic (exact) mass is 322 g/mol. The molecule has 0 bridgehead atoms. The molecule has 1 aliphatic rings. The highest BCUT2D eigenvalue weighted by Crippen LogP contribution is 2.28. The van der Waals surface area contributed by atoms with E-state index in [1.54, 1.807) is 32.2 Å². The van der Waals surface area contributed by atoms with Crippen molar-refractivity contribution in [1.82, 2.24) is 9.96 Å². The Morgan fingerprint density at radius 1 is 1.30 bits per heavy atom. The van der Waals surface area contributed by atoms with Gasteiger partial charge in [0.15, 0.2) is 0 Å². The van der Waals surface area contributed by atoms with Crippen molar-refractivity contribution >= 4 is 11.8 Å². The van der Waals surface area contributed by atoms with Crippen LogP contribution in [0.15, 0.2) is 18.2 Å². The molecule has 0 N–H and O–H groups in total. The quantitative estimate of drug-likeness (QED) is 0.733. The van der Waals surface area contributed by atoms with E-state index in [0.717, 1.165) is 10.6 Å². The lowest BCUT2D eigenvalue weighted by molar-refractivity contribution is -0.173. The third-order valence-corrected chi connectivity index (χ3v) is 4.00. The SMILES string of the molecule is COc1ccc(CN2CC(C(=O)N(C)OC)CC2=O)c(OC)c1. The number of methoxy groups -OCH3 is 2. The van der Waals surface area contributed by atoms with E-state index in [2.05, 4.69) is 0 Å². The van der Waals surface area contributed by atoms with Gasteiger partial charge in [0.05, 0.1) is 27.2 Å². The number of ether oxygens (including phenoxy) is 2. The lowest BCUT2D eigenvalue weighted by atomic mass is 10.1. The topological polar surface area (TPSA) is 68.3 Å². The van der Waals surface area contributed by atoms with Gasteiger partial charge in [-0.1, -0.05) is 0 Å². The molecular weight excluding hydrogens is 300 g/mol. The van der Waals surface area contributed by atoms with Crippen LogP contribution in [-0.2, 0) is 21.0 Å². The Balaban J connectivity index is 2.09. The number of hydrogen-bond donors (Lipinski definition) is 0. The van der Waals surface area contributed by atoms with E-state index in [1.807, 2.05) is 12.1 Å². The molecule has 2 amide bonds. The minimum atomic E-state index is -0.378. The van der Waals surface area contributed by atoms with Gasteiger partial charge in [0.2, 0.25) is 5.91 Å². The Hall–Kier alpha value is -2.28. The minimum absolute atomic E-state index is 0.0503. The molecule has 1 aromatic rings. The highest BCUT2D eigenvalue weighted by atomic mass is 16.7. The van der Waals surface area contributed by atoms with Crippen LogP contribution in [0.3, 0.4) is 0 Å². The van der Waals surface area contributed by atoms with Crippen LogP contribution in [0, 0.1) is 5.92 Å². The molecule has 1 saturated heterocycles. The summed E-state index contributed by atoms with van der Waals surface area (Å²) in [7, 11) is 6.13. The number of nitrogens with zero attached hydrogens (tertiary/aromatic N) is 2. The fraction of sp³-hybridized carbons (Fsp3) is 0.500. The molecule has 0 aliphatic carbocycles. The molecule has 0 spiro atoms. The molecule has 0 aromatic heterocycles. The van der Waals surface area contributed by atoms with E-state index in [4.69, 9.17) is 14.3 Å². The van der Waals surface area contributed by atoms with E-state index >= 15 is 0 Å². The second-order valence-electron chi connectivity index (χ2n) is 5.37. The maximum atomic E-state index is 12.2. The van der Waals surface area contributed by atoms with Gasteiger partial charge >= 0.3 is 0 Å². The van der Waals surface area contributed by atoms with Gasteiger partial charge in [0.25, 0.3) is 5.91 Å². The molecule has 0 saturated carbocycles. The normalized spacial score (nSPS) is 17.3. The first-order valence-electron chi connectivity index (χ1n) is 7.30. The zero-order valence-corrected chi connectivity index (χ0v) is 13.9. The fourth-order valence-corrected chi connectivity index (χ4v) is 2.63. The Morgan fingerprint density at radius 3 is 2.65 bits per heavy atom. The van der Waals surface area contributed by atoms with Crippen molar-refractivity contribution in [2.75, 3.05) is 34.9 Å². The Labute approximate surface area is 135 Å².